The maximum atomic E-state index is 12.7. The van der Waals surface area contributed by atoms with Crippen LogP contribution in [0.4, 0.5) is 4.39 Å². The Hall–Kier alpha value is -1.07. The van der Waals surface area contributed by atoms with Crippen LogP contribution in [0.5, 0.6) is 0 Å². The van der Waals surface area contributed by atoms with E-state index in [0.29, 0.717) is 5.70 Å². The molecule has 16 heavy (non-hydrogen) atoms. The highest BCUT2D eigenvalue weighted by Gasteiger charge is 2.21. The second kappa shape index (κ2) is 4.84. The highest BCUT2D eigenvalue weighted by atomic mass is 32.2. The van der Waals surface area contributed by atoms with Crippen molar-refractivity contribution in [2.75, 3.05) is 6.26 Å². The van der Waals surface area contributed by atoms with Crippen LogP contribution in [0.2, 0.25) is 0 Å². The predicted molar refractivity (Wildman–Crippen MR) is 67.9 cm³/mol. The van der Waals surface area contributed by atoms with Crippen molar-refractivity contribution in [2.45, 2.75) is 0 Å². The molecule has 82 valence electrons. The molecule has 2 nitrogen and oxygen atoms in total. The zero-order valence-corrected chi connectivity index (χ0v) is 10.1. The zero-order chi connectivity index (χ0) is 11.5. The molecule has 1 aromatic carbocycles. The van der Waals surface area contributed by atoms with Gasteiger partial charge in [-0.05, 0) is 41.8 Å². The van der Waals surface area contributed by atoms with Gasteiger partial charge in [-0.2, -0.15) is 0 Å². The normalized spacial score (nSPS) is 18.0. The van der Waals surface area contributed by atoms with E-state index in [0.717, 1.165) is 21.7 Å². The summed E-state index contributed by atoms with van der Waals surface area (Å²) in [6.45, 7) is 0. The number of benzene rings is 1. The molecule has 5 heteroatoms. The lowest BCUT2D eigenvalue weighted by molar-refractivity contribution is -0.107. The largest absolute Gasteiger partial charge is 0.279 e. The van der Waals surface area contributed by atoms with Crippen LogP contribution >= 0.6 is 23.5 Å². The molecule has 0 amide bonds. The van der Waals surface area contributed by atoms with E-state index in [1.165, 1.54) is 23.9 Å². The number of thioether (sulfide) groups is 2. The minimum atomic E-state index is -0.289. The fourth-order valence-electron chi connectivity index (χ4n) is 1.19. The highest BCUT2D eigenvalue weighted by molar-refractivity contribution is 8.45. The molecular weight excluding hydrogens is 245 g/mol. The molecule has 0 atom stereocenters. The summed E-state index contributed by atoms with van der Waals surface area (Å²) in [4.78, 5) is 15.7. The van der Waals surface area contributed by atoms with Crippen molar-refractivity contribution >= 4 is 39.1 Å². The number of carbonyl (C=O) groups is 1. The first-order chi connectivity index (χ1) is 7.69. The van der Waals surface area contributed by atoms with Gasteiger partial charge in [0.1, 0.15) is 15.9 Å². The third-order valence-corrected chi connectivity index (χ3v) is 3.80. The first kappa shape index (κ1) is 11.4. The molecule has 1 heterocycles. The van der Waals surface area contributed by atoms with E-state index in [2.05, 4.69) is 4.99 Å². The number of nitrogens with zero attached hydrogens (tertiary/aromatic N) is 1. The van der Waals surface area contributed by atoms with Crippen molar-refractivity contribution in [1.29, 1.82) is 0 Å². The minimum Gasteiger partial charge on any atom is -0.279 e. The van der Waals surface area contributed by atoms with E-state index in [-0.39, 0.29) is 10.9 Å². The molecule has 1 aliphatic heterocycles. The maximum absolute atomic E-state index is 12.7. The van der Waals surface area contributed by atoms with Gasteiger partial charge in [0.05, 0.1) is 0 Å². The summed E-state index contributed by atoms with van der Waals surface area (Å²) in [5, 5.41) is -0.0614. The standard InChI is InChI=1S/C11H8FNOS2/c1-15-11-13-9(10(14)16-11)6-7-2-4-8(12)5-3-7/h2-6H,1H3. The van der Waals surface area contributed by atoms with E-state index in [9.17, 15) is 9.18 Å². The van der Waals surface area contributed by atoms with Crippen LogP contribution < -0.4 is 0 Å². The molecule has 0 saturated carbocycles. The Labute approximate surface area is 101 Å². The smallest absolute Gasteiger partial charge is 0.244 e. The lowest BCUT2D eigenvalue weighted by Crippen LogP contribution is -1.87. The number of hydrogen-bond donors (Lipinski definition) is 0. The zero-order valence-electron chi connectivity index (χ0n) is 8.44. The molecule has 0 saturated heterocycles. The summed E-state index contributed by atoms with van der Waals surface area (Å²) in [5.74, 6) is -0.289. The van der Waals surface area contributed by atoms with E-state index >= 15 is 0 Å². The Bertz CT molecular complexity index is 479. The van der Waals surface area contributed by atoms with Crippen LogP contribution in [0.15, 0.2) is 35.0 Å². The Morgan fingerprint density at radius 2 is 2.06 bits per heavy atom. The third kappa shape index (κ3) is 2.54. The highest BCUT2D eigenvalue weighted by Crippen LogP contribution is 2.29. The van der Waals surface area contributed by atoms with Crippen LogP contribution in [0.3, 0.4) is 0 Å². The van der Waals surface area contributed by atoms with Crippen molar-refractivity contribution in [1.82, 2.24) is 0 Å². The van der Waals surface area contributed by atoms with E-state index in [1.807, 2.05) is 6.26 Å². The molecule has 0 radical (unpaired) electrons. The van der Waals surface area contributed by atoms with Gasteiger partial charge >= 0.3 is 0 Å². The summed E-state index contributed by atoms with van der Waals surface area (Å²) in [6.07, 6.45) is 3.54. The van der Waals surface area contributed by atoms with Crippen LogP contribution in [-0.2, 0) is 4.79 Å². The number of rotatable bonds is 1. The van der Waals surface area contributed by atoms with Crippen molar-refractivity contribution in [2.24, 2.45) is 4.99 Å². The number of hydrogen-bond acceptors (Lipinski definition) is 4. The van der Waals surface area contributed by atoms with Gasteiger partial charge < -0.3 is 0 Å². The molecule has 0 N–H and O–H groups in total. The average molecular weight is 253 g/mol. The second-order valence-corrected chi connectivity index (χ2v) is 5.07. The monoisotopic (exact) mass is 253 g/mol. The van der Waals surface area contributed by atoms with Gasteiger partial charge in [-0.15, -0.1) is 11.8 Å². The molecular formula is C11H8FNOS2. The Balaban J connectivity index is 2.28. The van der Waals surface area contributed by atoms with Crippen molar-refractivity contribution in [3.05, 3.63) is 41.3 Å². The van der Waals surface area contributed by atoms with Gasteiger partial charge in [-0.3, -0.25) is 4.79 Å². The maximum Gasteiger partial charge on any atom is 0.244 e. The number of halogens is 1. The van der Waals surface area contributed by atoms with Crippen LogP contribution in [-0.4, -0.2) is 15.7 Å². The molecule has 0 spiro atoms. The number of carbonyl (C=O) groups excluding carboxylic acids is 1. The van der Waals surface area contributed by atoms with Gasteiger partial charge in [-0.25, -0.2) is 9.38 Å². The van der Waals surface area contributed by atoms with Crippen LogP contribution in [0.1, 0.15) is 5.56 Å². The SMILES string of the molecule is CSC1=NC(=Cc2ccc(F)cc2)C(=O)S1. The van der Waals surface area contributed by atoms with Crippen molar-refractivity contribution in [3.63, 3.8) is 0 Å². The van der Waals surface area contributed by atoms with Gasteiger partial charge in [0.2, 0.25) is 5.12 Å². The van der Waals surface area contributed by atoms with Gasteiger partial charge in [-0.1, -0.05) is 12.1 Å². The Morgan fingerprint density at radius 3 is 2.62 bits per heavy atom. The molecule has 0 aliphatic carbocycles. The quantitative estimate of drug-likeness (QED) is 0.720. The molecule has 2 rings (SSSR count). The predicted octanol–water partition coefficient (Wildman–Crippen LogP) is 3.16. The van der Waals surface area contributed by atoms with E-state index in [1.54, 1.807) is 18.2 Å². The van der Waals surface area contributed by atoms with Crippen LogP contribution in [0, 0.1) is 5.82 Å². The summed E-state index contributed by atoms with van der Waals surface area (Å²) in [6, 6.07) is 5.95. The molecule has 1 aromatic rings. The average Bonchev–Trinajstić information content (AvgIpc) is 2.63. The first-order valence-electron chi connectivity index (χ1n) is 4.51. The Kier molecular flexibility index (Phi) is 3.46. The van der Waals surface area contributed by atoms with E-state index < -0.39 is 0 Å². The van der Waals surface area contributed by atoms with Gasteiger partial charge in [0, 0.05) is 0 Å². The Morgan fingerprint density at radius 1 is 1.38 bits per heavy atom. The lowest BCUT2D eigenvalue weighted by atomic mass is 10.2. The molecule has 0 bridgehead atoms. The first-order valence-corrected chi connectivity index (χ1v) is 6.55. The van der Waals surface area contributed by atoms with Crippen molar-refractivity contribution in [3.8, 4) is 0 Å². The molecule has 0 unspecified atom stereocenters. The van der Waals surface area contributed by atoms with Gasteiger partial charge in [0.15, 0.2) is 0 Å². The number of aliphatic imine (C=N–C) groups is 1. The van der Waals surface area contributed by atoms with Crippen molar-refractivity contribution < 1.29 is 9.18 Å². The summed E-state index contributed by atoms with van der Waals surface area (Å²) in [7, 11) is 0. The topological polar surface area (TPSA) is 29.4 Å². The second-order valence-electron chi connectivity index (χ2n) is 3.05. The fraction of sp³-hybridized carbons (Fsp3) is 0.0909. The fourth-order valence-corrected chi connectivity index (χ4v) is 2.46. The minimum absolute atomic E-state index is 0.0614. The van der Waals surface area contributed by atoms with E-state index in [4.69, 9.17) is 0 Å². The molecule has 1 aliphatic rings. The third-order valence-electron chi connectivity index (χ3n) is 1.95. The molecule has 0 aromatic heterocycles. The van der Waals surface area contributed by atoms with Gasteiger partial charge in [0.25, 0.3) is 0 Å². The molecule has 0 fully saturated rings. The summed E-state index contributed by atoms with van der Waals surface area (Å²) >= 11 is 2.57. The lowest BCUT2D eigenvalue weighted by Gasteiger charge is -1.93. The van der Waals surface area contributed by atoms with Crippen LogP contribution in [0.25, 0.3) is 6.08 Å². The summed E-state index contributed by atoms with van der Waals surface area (Å²) in [5.41, 5.74) is 1.19. The summed E-state index contributed by atoms with van der Waals surface area (Å²) < 4.78 is 13.4.